The predicted molar refractivity (Wildman–Crippen MR) is 158 cm³/mol. The highest BCUT2D eigenvalue weighted by Crippen LogP contribution is 2.42. The molecule has 7 heteroatoms. The van der Waals surface area contributed by atoms with Crippen LogP contribution in [0.4, 0.5) is 4.79 Å². The summed E-state index contributed by atoms with van der Waals surface area (Å²) in [6.45, 7) is 1.56. The Bertz CT molecular complexity index is 1380. The van der Waals surface area contributed by atoms with Crippen LogP contribution in [0.25, 0.3) is 0 Å². The molecule has 1 amide bonds. The van der Waals surface area contributed by atoms with Crippen LogP contribution in [-0.2, 0) is 38.7 Å². The number of hydrogen-bond acceptors (Lipinski definition) is 6. The molecular weight excluding hydrogens is 534 g/mol. The van der Waals surface area contributed by atoms with Crippen LogP contribution in [0, 0.1) is 0 Å². The third kappa shape index (κ3) is 6.82. The van der Waals surface area contributed by atoms with E-state index in [1.807, 2.05) is 109 Å². The van der Waals surface area contributed by atoms with Gasteiger partial charge in [0.25, 0.3) is 0 Å². The van der Waals surface area contributed by atoms with Crippen molar-refractivity contribution in [3.63, 3.8) is 0 Å². The molecule has 6 rings (SSSR count). The lowest BCUT2D eigenvalue weighted by Gasteiger charge is -2.43. The molecule has 6 nitrogen and oxygen atoms in total. The molecule has 4 aromatic carbocycles. The van der Waals surface area contributed by atoms with Crippen molar-refractivity contribution < 1.29 is 23.7 Å². The van der Waals surface area contributed by atoms with E-state index in [4.69, 9.17) is 18.9 Å². The molecular formula is C34H33NO5S. The Hall–Kier alpha value is -3.62. The lowest BCUT2D eigenvalue weighted by atomic mass is 9.97. The summed E-state index contributed by atoms with van der Waals surface area (Å²) >= 11 is 1.60. The molecule has 2 saturated heterocycles. The van der Waals surface area contributed by atoms with E-state index in [0.717, 1.165) is 21.6 Å². The fraction of sp³-hybridized carbons (Fsp3) is 0.265. The zero-order valence-electron chi connectivity index (χ0n) is 22.7. The van der Waals surface area contributed by atoms with Crippen molar-refractivity contribution in [1.29, 1.82) is 0 Å². The molecule has 0 N–H and O–H groups in total. The normalized spacial score (nSPS) is 23.7. The molecule has 5 atom stereocenters. The molecule has 210 valence electrons. The number of hydrogen-bond donors (Lipinski definition) is 0. The summed E-state index contributed by atoms with van der Waals surface area (Å²) < 4.78 is 25.6. The number of thioether (sulfide) groups is 1. The van der Waals surface area contributed by atoms with Crippen LogP contribution in [0.3, 0.4) is 0 Å². The van der Waals surface area contributed by atoms with Gasteiger partial charge in [0.1, 0.15) is 23.7 Å². The Kier molecular flexibility index (Phi) is 8.98. The first-order chi connectivity index (χ1) is 20.2. The van der Waals surface area contributed by atoms with Crippen LogP contribution in [0.1, 0.15) is 16.7 Å². The van der Waals surface area contributed by atoms with Crippen molar-refractivity contribution in [2.45, 2.75) is 54.4 Å². The molecule has 0 aliphatic carbocycles. The smallest absolute Gasteiger partial charge is 0.411 e. The van der Waals surface area contributed by atoms with Gasteiger partial charge in [0, 0.05) is 11.4 Å². The molecule has 0 radical (unpaired) electrons. The highest BCUT2D eigenvalue weighted by molar-refractivity contribution is 7.99. The minimum atomic E-state index is -0.518. The van der Waals surface area contributed by atoms with Gasteiger partial charge in [-0.1, -0.05) is 121 Å². The lowest BCUT2D eigenvalue weighted by molar-refractivity contribution is -0.192. The topological polar surface area (TPSA) is 57.2 Å². The summed E-state index contributed by atoms with van der Waals surface area (Å²) in [7, 11) is 0. The number of ether oxygens (including phenoxy) is 4. The van der Waals surface area contributed by atoms with Gasteiger partial charge >= 0.3 is 6.09 Å². The van der Waals surface area contributed by atoms with E-state index in [1.165, 1.54) is 0 Å². The average Bonchev–Trinajstić information content (AvgIpc) is 3.34. The average molecular weight is 568 g/mol. The fourth-order valence-electron chi connectivity index (χ4n) is 5.31. The number of fused-ring (bicyclic) bond motifs is 1. The van der Waals surface area contributed by atoms with Crippen molar-refractivity contribution in [2.75, 3.05) is 6.61 Å². The van der Waals surface area contributed by atoms with Crippen LogP contribution in [0.5, 0.6) is 0 Å². The maximum absolute atomic E-state index is 13.4. The highest BCUT2D eigenvalue weighted by Gasteiger charge is 2.57. The van der Waals surface area contributed by atoms with Gasteiger partial charge in [-0.3, -0.25) is 4.90 Å². The first kappa shape index (κ1) is 27.5. The third-order valence-electron chi connectivity index (χ3n) is 7.32. The van der Waals surface area contributed by atoms with E-state index in [2.05, 4.69) is 12.1 Å². The van der Waals surface area contributed by atoms with Gasteiger partial charge in [0.15, 0.2) is 6.10 Å². The molecule has 2 aliphatic heterocycles. The molecule has 2 aliphatic rings. The Balaban J connectivity index is 1.28. The van der Waals surface area contributed by atoms with E-state index in [9.17, 15) is 4.79 Å². The van der Waals surface area contributed by atoms with E-state index >= 15 is 0 Å². The SMILES string of the molecule is O=C1O[C@H]2[C@H](OCc3ccccc3)[C@@H](COCc3ccccc3)O[C@@H](Sc3ccccc3)[C@@H]2N1Cc1ccccc1. The van der Waals surface area contributed by atoms with Crippen LogP contribution in [0.15, 0.2) is 126 Å². The van der Waals surface area contributed by atoms with Gasteiger partial charge in [0.2, 0.25) is 0 Å². The van der Waals surface area contributed by atoms with Gasteiger partial charge in [-0.05, 0) is 28.8 Å². The van der Waals surface area contributed by atoms with E-state index in [0.29, 0.717) is 26.4 Å². The Morgan fingerprint density at radius 2 is 1.27 bits per heavy atom. The van der Waals surface area contributed by atoms with Gasteiger partial charge in [-0.2, -0.15) is 0 Å². The first-order valence-electron chi connectivity index (χ1n) is 13.9. The summed E-state index contributed by atoms with van der Waals surface area (Å²) in [5, 5.41) is 0. The standard InChI is InChI=1S/C34H33NO5S/c36-34-35(21-25-13-5-1-6-14-25)30-32(40-34)31(38-23-27-17-9-3-10-18-27)29(24-37-22-26-15-7-2-8-16-26)39-33(30)41-28-19-11-4-12-20-28/h1-20,29-33H,21-24H2/t29-,30-,31-,32-,33+/m1/s1. The Morgan fingerprint density at radius 3 is 1.90 bits per heavy atom. The molecule has 0 bridgehead atoms. The predicted octanol–water partition coefficient (Wildman–Crippen LogP) is 6.70. The van der Waals surface area contributed by atoms with Crippen LogP contribution in [0.2, 0.25) is 0 Å². The van der Waals surface area contributed by atoms with E-state index in [-0.39, 0.29) is 17.6 Å². The van der Waals surface area contributed by atoms with Gasteiger partial charge in [-0.25, -0.2) is 4.79 Å². The minimum Gasteiger partial charge on any atom is -0.441 e. The maximum Gasteiger partial charge on any atom is 0.411 e. The first-order valence-corrected chi connectivity index (χ1v) is 14.8. The Morgan fingerprint density at radius 1 is 0.707 bits per heavy atom. The van der Waals surface area contributed by atoms with Crippen LogP contribution >= 0.6 is 11.8 Å². The number of nitrogens with zero attached hydrogens (tertiary/aromatic N) is 1. The molecule has 0 aromatic heterocycles. The third-order valence-corrected chi connectivity index (χ3v) is 8.48. The molecule has 2 heterocycles. The second-order valence-corrected chi connectivity index (χ2v) is 11.4. The molecule has 4 aromatic rings. The van der Waals surface area contributed by atoms with Crippen molar-refractivity contribution in [3.05, 3.63) is 138 Å². The van der Waals surface area contributed by atoms with Crippen LogP contribution in [-0.4, -0.2) is 47.4 Å². The molecule has 2 fully saturated rings. The Labute approximate surface area is 245 Å². The summed E-state index contributed by atoms with van der Waals surface area (Å²) in [5.41, 5.74) is 2.78. The zero-order valence-corrected chi connectivity index (χ0v) is 23.5. The van der Waals surface area contributed by atoms with Gasteiger partial charge < -0.3 is 18.9 Å². The van der Waals surface area contributed by atoms with Crippen molar-refractivity contribution in [1.82, 2.24) is 4.90 Å². The van der Waals surface area contributed by atoms with Crippen molar-refractivity contribution in [3.8, 4) is 0 Å². The number of benzene rings is 4. The molecule has 41 heavy (non-hydrogen) atoms. The molecule has 0 saturated carbocycles. The number of carbonyl (C=O) groups excluding carboxylic acids is 1. The monoisotopic (exact) mass is 567 g/mol. The van der Waals surface area contributed by atoms with Crippen molar-refractivity contribution >= 4 is 17.9 Å². The second-order valence-electron chi connectivity index (χ2n) is 10.2. The quantitative estimate of drug-likeness (QED) is 0.201. The minimum absolute atomic E-state index is 0.305. The van der Waals surface area contributed by atoms with Gasteiger partial charge in [0.05, 0.1) is 19.8 Å². The zero-order chi connectivity index (χ0) is 27.9. The maximum atomic E-state index is 13.4. The largest absolute Gasteiger partial charge is 0.441 e. The van der Waals surface area contributed by atoms with Crippen molar-refractivity contribution in [2.24, 2.45) is 0 Å². The fourth-order valence-corrected chi connectivity index (χ4v) is 6.53. The number of carbonyl (C=O) groups is 1. The number of rotatable bonds is 11. The second kappa shape index (κ2) is 13.4. The van der Waals surface area contributed by atoms with E-state index in [1.54, 1.807) is 16.7 Å². The molecule has 0 spiro atoms. The lowest BCUT2D eigenvalue weighted by Crippen LogP contribution is -2.60. The number of amides is 1. The van der Waals surface area contributed by atoms with Gasteiger partial charge in [-0.15, -0.1) is 0 Å². The highest BCUT2D eigenvalue weighted by atomic mass is 32.2. The van der Waals surface area contributed by atoms with E-state index < -0.39 is 18.3 Å². The van der Waals surface area contributed by atoms with Crippen LogP contribution < -0.4 is 0 Å². The summed E-state index contributed by atoms with van der Waals surface area (Å²) in [6.07, 6.45) is -1.82. The molecule has 0 unspecified atom stereocenters. The summed E-state index contributed by atoms with van der Waals surface area (Å²) in [6, 6.07) is 39.8. The summed E-state index contributed by atoms with van der Waals surface area (Å²) in [4.78, 5) is 16.3. The summed E-state index contributed by atoms with van der Waals surface area (Å²) in [5.74, 6) is 0.